The van der Waals surface area contributed by atoms with E-state index in [0.29, 0.717) is 5.56 Å². The van der Waals surface area contributed by atoms with E-state index in [1.165, 1.54) is 16.4 Å². The van der Waals surface area contributed by atoms with Gasteiger partial charge in [0.2, 0.25) is 10.0 Å². The fourth-order valence-electron chi connectivity index (χ4n) is 2.08. The van der Waals surface area contributed by atoms with Gasteiger partial charge in [-0.1, -0.05) is 29.9 Å². The number of nitrogens with two attached hydrogens (primary N) is 1. The number of hydrogen-bond acceptors (Lipinski definition) is 5. The Labute approximate surface area is 133 Å². The van der Waals surface area contributed by atoms with Gasteiger partial charge >= 0.3 is 0 Å². The van der Waals surface area contributed by atoms with E-state index in [-0.39, 0.29) is 41.3 Å². The number of ether oxygens (including phenoxy) is 1. The fourth-order valence-corrected chi connectivity index (χ4v) is 4.30. The third kappa shape index (κ3) is 3.36. The van der Waals surface area contributed by atoms with Gasteiger partial charge in [-0.2, -0.15) is 4.31 Å². The van der Waals surface area contributed by atoms with E-state index >= 15 is 0 Å². The minimum Gasteiger partial charge on any atom is -0.395 e. The van der Waals surface area contributed by atoms with Gasteiger partial charge in [-0.15, -0.1) is 0 Å². The van der Waals surface area contributed by atoms with Crippen molar-refractivity contribution in [2.45, 2.75) is 10.9 Å². The fraction of sp³-hybridized carbons (Fsp3) is 0.417. The van der Waals surface area contributed by atoms with Gasteiger partial charge < -0.3 is 15.6 Å². The zero-order chi connectivity index (χ0) is 15.6. The lowest BCUT2D eigenvalue weighted by atomic mass is 10.2. The topological polar surface area (TPSA) is 92.9 Å². The average Bonchev–Trinajstić information content (AvgIpc) is 2.47. The van der Waals surface area contributed by atoms with Crippen molar-refractivity contribution in [1.82, 2.24) is 4.31 Å². The van der Waals surface area contributed by atoms with E-state index in [0.717, 1.165) is 0 Å². The third-order valence-corrected chi connectivity index (χ3v) is 5.86. The molecule has 6 nitrogen and oxygen atoms in total. The molecule has 116 valence electrons. The molecular formula is C12H15ClN2O4S2. The number of halogens is 1. The second kappa shape index (κ2) is 6.55. The lowest BCUT2D eigenvalue weighted by Crippen LogP contribution is -2.50. The first-order chi connectivity index (χ1) is 9.87. The molecule has 1 atom stereocenters. The van der Waals surface area contributed by atoms with Crippen LogP contribution in [0.25, 0.3) is 0 Å². The number of rotatable bonds is 4. The highest BCUT2D eigenvalue weighted by molar-refractivity contribution is 7.89. The van der Waals surface area contributed by atoms with Crippen LogP contribution in [0.2, 0.25) is 5.02 Å². The number of benzene rings is 1. The summed E-state index contributed by atoms with van der Waals surface area (Å²) in [5.74, 6) is 0. The molecule has 1 unspecified atom stereocenters. The Bertz CT molecular complexity index is 651. The second-order valence-electron chi connectivity index (χ2n) is 4.54. The largest absolute Gasteiger partial charge is 0.395 e. The molecule has 0 spiro atoms. The summed E-state index contributed by atoms with van der Waals surface area (Å²) in [7, 11) is -3.86. The first-order valence-electron chi connectivity index (χ1n) is 6.17. The summed E-state index contributed by atoms with van der Waals surface area (Å²) >= 11 is 10.9. The summed E-state index contributed by atoms with van der Waals surface area (Å²) in [5, 5.41) is 9.41. The van der Waals surface area contributed by atoms with Gasteiger partial charge in [0.05, 0.1) is 30.9 Å². The molecule has 1 heterocycles. The monoisotopic (exact) mass is 350 g/mol. The van der Waals surface area contributed by atoms with Crippen LogP contribution in [-0.2, 0) is 14.8 Å². The Morgan fingerprint density at radius 2 is 2.29 bits per heavy atom. The zero-order valence-corrected chi connectivity index (χ0v) is 13.4. The number of sulfonamides is 1. The molecule has 1 aromatic rings. The van der Waals surface area contributed by atoms with Crippen LogP contribution in [-0.4, -0.2) is 55.2 Å². The summed E-state index contributed by atoms with van der Waals surface area (Å²) in [4.78, 5) is 0.0126. The SMILES string of the molecule is NC(=S)c1ccc(Cl)c(S(=O)(=O)N2CCOCC2CO)c1. The summed E-state index contributed by atoms with van der Waals surface area (Å²) in [6, 6.07) is 3.72. The smallest absolute Gasteiger partial charge is 0.245 e. The van der Waals surface area contributed by atoms with Crippen LogP contribution in [0.15, 0.2) is 23.1 Å². The molecule has 1 fully saturated rings. The molecule has 1 saturated heterocycles. The Kier molecular flexibility index (Phi) is 5.18. The molecular weight excluding hydrogens is 336 g/mol. The van der Waals surface area contributed by atoms with Crippen LogP contribution in [0.5, 0.6) is 0 Å². The Hall–Kier alpha value is -0.770. The summed E-state index contributed by atoms with van der Waals surface area (Å²) in [5.41, 5.74) is 5.95. The van der Waals surface area contributed by atoms with E-state index in [1.54, 1.807) is 6.07 Å². The van der Waals surface area contributed by atoms with Gasteiger partial charge in [0.15, 0.2) is 0 Å². The molecule has 0 bridgehead atoms. The molecule has 0 aromatic heterocycles. The lowest BCUT2D eigenvalue weighted by molar-refractivity contribution is 0.0109. The number of hydrogen-bond donors (Lipinski definition) is 2. The number of aliphatic hydroxyl groups is 1. The van der Waals surface area contributed by atoms with Crippen LogP contribution in [0.3, 0.4) is 0 Å². The van der Waals surface area contributed by atoms with Crippen LogP contribution in [0.4, 0.5) is 0 Å². The van der Waals surface area contributed by atoms with Crippen molar-refractivity contribution >= 4 is 38.8 Å². The third-order valence-electron chi connectivity index (χ3n) is 3.19. The quantitative estimate of drug-likeness (QED) is 0.761. The molecule has 0 saturated carbocycles. The molecule has 1 aliphatic rings. The molecule has 2 rings (SSSR count). The van der Waals surface area contributed by atoms with Crippen molar-refractivity contribution in [2.24, 2.45) is 5.73 Å². The van der Waals surface area contributed by atoms with Crippen molar-refractivity contribution in [3.63, 3.8) is 0 Å². The van der Waals surface area contributed by atoms with Crippen molar-refractivity contribution in [3.05, 3.63) is 28.8 Å². The van der Waals surface area contributed by atoms with E-state index in [9.17, 15) is 13.5 Å². The minimum absolute atomic E-state index is 0.0742. The summed E-state index contributed by atoms with van der Waals surface area (Å²) in [6.45, 7) is 0.234. The lowest BCUT2D eigenvalue weighted by Gasteiger charge is -2.33. The molecule has 9 heteroatoms. The highest BCUT2D eigenvalue weighted by Crippen LogP contribution is 2.28. The molecule has 21 heavy (non-hydrogen) atoms. The van der Waals surface area contributed by atoms with Gasteiger partial charge in [0.25, 0.3) is 0 Å². The van der Waals surface area contributed by atoms with Gasteiger partial charge in [-0.3, -0.25) is 0 Å². The number of nitrogens with zero attached hydrogens (tertiary/aromatic N) is 1. The zero-order valence-electron chi connectivity index (χ0n) is 11.0. The highest BCUT2D eigenvalue weighted by atomic mass is 35.5. The first kappa shape index (κ1) is 16.6. The van der Waals surface area contributed by atoms with Crippen LogP contribution < -0.4 is 5.73 Å². The Morgan fingerprint density at radius 3 is 2.90 bits per heavy atom. The van der Waals surface area contributed by atoms with Crippen LogP contribution in [0, 0.1) is 0 Å². The van der Waals surface area contributed by atoms with Gasteiger partial charge in [-0.25, -0.2) is 8.42 Å². The highest BCUT2D eigenvalue weighted by Gasteiger charge is 2.35. The first-order valence-corrected chi connectivity index (χ1v) is 8.40. The van der Waals surface area contributed by atoms with E-state index in [2.05, 4.69) is 0 Å². The summed E-state index contributed by atoms with van der Waals surface area (Å²) < 4.78 is 31.9. The molecule has 3 N–H and O–H groups in total. The average molecular weight is 351 g/mol. The maximum absolute atomic E-state index is 12.7. The Balaban J connectivity index is 2.47. The Morgan fingerprint density at radius 1 is 1.57 bits per heavy atom. The van der Waals surface area contributed by atoms with Crippen LogP contribution in [0.1, 0.15) is 5.56 Å². The van der Waals surface area contributed by atoms with E-state index in [4.69, 9.17) is 34.3 Å². The van der Waals surface area contributed by atoms with Gasteiger partial charge in [0.1, 0.15) is 9.88 Å². The number of morpholine rings is 1. The van der Waals surface area contributed by atoms with Crippen molar-refractivity contribution in [1.29, 1.82) is 0 Å². The minimum atomic E-state index is -3.86. The summed E-state index contributed by atoms with van der Waals surface area (Å²) in [6.07, 6.45) is 0. The van der Waals surface area contributed by atoms with Gasteiger partial charge in [0, 0.05) is 12.1 Å². The maximum atomic E-state index is 12.7. The van der Waals surface area contributed by atoms with Gasteiger partial charge in [-0.05, 0) is 12.1 Å². The second-order valence-corrected chi connectivity index (χ2v) is 7.24. The van der Waals surface area contributed by atoms with Crippen molar-refractivity contribution < 1.29 is 18.3 Å². The molecule has 0 aliphatic carbocycles. The molecule has 1 aliphatic heterocycles. The number of thiocarbonyl (C=S) groups is 1. The molecule has 0 amide bonds. The predicted molar refractivity (Wildman–Crippen MR) is 82.9 cm³/mol. The molecule has 0 radical (unpaired) electrons. The molecule has 1 aromatic carbocycles. The number of aliphatic hydroxyl groups excluding tert-OH is 1. The van der Waals surface area contributed by atoms with E-state index in [1.807, 2.05) is 0 Å². The standard InChI is InChI=1S/C12H15ClN2O4S2/c13-10-2-1-8(12(14)20)5-11(10)21(17,18)15-3-4-19-7-9(15)6-16/h1-2,5,9,16H,3-4,6-7H2,(H2,14,20). The van der Waals surface area contributed by atoms with E-state index < -0.39 is 16.1 Å². The predicted octanol–water partition coefficient (Wildman–Crippen LogP) is 0.356. The van der Waals surface area contributed by atoms with Crippen molar-refractivity contribution in [2.75, 3.05) is 26.4 Å². The maximum Gasteiger partial charge on any atom is 0.245 e. The van der Waals surface area contributed by atoms with Crippen molar-refractivity contribution in [3.8, 4) is 0 Å². The van der Waals surface area contributed by atoms with Crippen LogP contribution >= 0.6 is 23.8 Å². The normalized spacial score (nSPS) is 20.4.